The SMILES string of the molecule is O=C(N[C@H]1CCN2C(=O)N(c3cccc(F)c3)C(=O)[C@@H]2C1)c1cccs1. The maximum absolute atomic E-state index is 13.5. The quantitative estimate of drug-likeness (QED) is 0.841. The number of nitrogens with one attached hydrogen (secondary N) is 1. The van der Waals surface area contributed by atoms with Crippen LogP contribution in [0.1, 0.15) is 22.5 Å². The van der Waals surface area contributed by atoms with Gasteiger partial charge in [-0.3, -0.25) is 9.59 Å². The number of benzene rings is 1. The fraction of sp³-hybridized carbons (Fsp3) is 0.278. The Bertz CT molecular complexity index is 870. The van der Waals surface area contributed by atoms with Crippen molar-refractivity contribution in [3.8, 4) is 0 Å². The molecule has 4 rings (SSSR count). The van der Waals surface area contributed by atoms with Gasteiger partial charge in [-0.2, -0.15) is 0 Å². The molecule has 2 aliphatic rings. The van der Waals surface area contributed by atoms with E-state index in [-0.39, 0.29) is 23.5 Å². The van der Waals surface area contributed by atoms with Crippen molar-refractivity contribution in [3.05, 3.63) is 52.5 Å². The number of rotatable bonds is 3. The lowest BCUT2D eigenvalue weighted by atomic mass is 9.98. The van der Waals surface area contributed by atoms with Crippen LogP contribution >= 0.6 is 11.3 Å². The van der Waals surface area contributed by atoms with Crippen LogP contribution in [-0.4, -0.2) is 41.4 Å². The highest BCUT2D eigenvalue weighted by Gasteiger charge is 2.48. The minimum atomic E-state index is -0.631. The largest absolute Gasteiger partial charge is 0.348 e. The highest BCUT2D eigenvalue weighted by molar-refractivity contribution is 7.12. The Morgan fingerprint density at radius 1 is 1.23 bits per heavy atom. The van der Waals surface area contributed by atoms with Crippen LogP contribution in [0.3, 0.4) is 0 Å². The van der Waals surface area contributed by atoms with E-state index in [2.05, 4.69) is 5.32 Å². The van der Waals surface area contributed by atoms with Crippen LogP contribution in [0.4, 0.5) is 14.9 Å². The molecule has 0 saturated carbocycles. The van der Waals surface area contributed by atoms with E-state index in [1.165, 1.54) is 40.5 Å². The topological polar surface area (TPSA) is 69.7 Å². The second-order valence-electron chi connectivity index (χ2n) is 6.32. The van der Waals surface area contributed by atoms with Gasteiger partial charge in [0.2, 0.25) is 0 Å². The van der Waals surface area contributed by atoms with Gasteiger partial charge >= 0.3 is 6.03 Å². The summed E-state index contributed by atoms with van der Waals surface area (Å²) in [4.78, 5) is 40.7. The van der Waals surface area contributed by atoms with Crippen molar-refractivity contribution < 1.29 is 18.8 Å². The molecule has 26 heavy (non-hydrogen) atoms. The number of anilines is 1. The van der Waals surface area contributed by atoms with Crippen molar-refractivity contribution >= 4 is 34.9 Å². The fourth-order valence-corrected chi connectivity index (χ4v) is 4.08. The molecule has 0 bridgehead atoms. The van der Waals surface area contributed by atoms with Gasteiger partial charge < -0.3 is 10.2 Å². The lowest BCUT2D eigenvalue weighted by molar-refractivity contribution is -0.120. The van der Waals surface area contributed by atoms with Crippen molar-refractivity contribution in [1.29, 1.82) is 0 Å². The zero-order chi connectivity index (χ0) is 18.3. The van der Waals surface area contributed by atoms with Crippen molar-refractivity contribution in [2.75, 3.05) is 11.4 Å². The lowest BCUT2D eigenvalue weighted by Gasteiger charge is -2.32. The van der Waals surface area contributed by atoms with E-state index < -0.39 is 17.9 Å². The third-order valence-electron chi connectivity index (χ3n) is 4.69. The van der Waals surface area contributed by atoms with Crippen LogP contribution in [0.5, 0.6) is 0 Å². The van der Waals surface area contributed by atoms with Crippen molar-refractivity contribution in [2.24, 2.45) is 0 Å². The van der Waals surface area contributed by atoms with Crippen molar-refractivity contribution in [2.45, 2.75) is 24.9 Å². The zero-order valence-corrected chi connectivity index (χ0v) is 14.5. The third kappa shape index (κ3) is 2.86. The van der Waals surface area contributed by atoms with Crippen LogP contribution in [-0.2, 0) is 4.79 Å². The number of carbonyl (C=O) groups is 3. The molecule has 0 aliphatic carbocycles. The molecule has 6 nitrogen and oxygen atoms in total. The fourth-order valence-electron chi connectivity index (χ4n) is 3.45. The Balaban J connectivity index is 1.50. The van der Waals surface area contributed by atoms with Gasteiger partial charge in [-0.1, -0.05) is 12.1 Å². The molecule has 1 aromatic heterocycles. The molecule has 1 aromatic carbocycles. The first-order valence-electron chi connectivity index (χ1n) is 8.29. The van der Waals surface area contributed by atoms with Crippen LogP contribution in [0.15, 0.2) is 41.8 Å². The molecule has 1 N–H and O–H groups in total. The molecular weight excluding hydrogens is 357 g/mol. The van der Waals surface area contributed by atoms with E-state index in [1.54, 1.807) is 12.1 Å². The highest BCUT2D eigenvalue weighted by atomic mass is 32.1. The van der Waals surface area contributed by atoms with E-state index >= 15 is 0 Å². The summed E-state index contributed by atoms with van der Waals surface area (Å²) in [7, 11) is 0. The number of halogens is 1. The highest BCUT2D eigenvalue weighted by Crippen LogP contribution is 2.31. The molecule has 2 atom stereocenters. The first kappa shape index (κ1) is 16.7. The van der Waals surface area contributed by atoms with Gasteiger partial charge in [0.05, 0.1) is 10.6 Å². The van der Waals surface area contributed by atoms with E-state index in [9.17, 15) is 18.8 Å². The molecule has 0 unspecified atom stereocenters. The van der Waals surface area contributed by atoms with Gasteiger partial charge in [0.25, 0.3) is 11.8 Å². The van der Waals surface area contributed by atoms with Gasteiger partial charge in [0.1, 0.15) is 11.9 Å². The minimum absolute atomic E-state index is 0.169. The number of amides is 4. The van der Waals surface area contributed by atoms with E-state index in [4.69, 9.17) is 0 Å². The number of urea groups is 1. The van der Waals surface area contributed by atoms with Crippen molar-refractivity contribution in [1.82, 2.24) is 10.2 Å². The summed E-state index contributed by atoms with van der Waals surface area (Å²) in [5, 5.41) is 4.76. The molecule has 2 saturated heterocycles. The van der Waals surface area contributed by atoms with E-state index in [1.807, 2.05) is 5.38 Å². The molecule has 2 aromatic rings. The third-order valence-corrected chi connectivity index (χ3v) is 5.56. The number of hydrogen-bond donors (Lipinski definition) is 1. The summed E-state index contributed by atoms with van der Waals surface area (Å²) < 4.78 is 13.5. The number of piperidine rings is 1. The summed E-state index contributed by atoms with van der Waals surface area (Å²) >= 11 is 1.35. The first-order chi connectivity index (χ1) is 12.5. The number of carbonyl (C=O) groups excluding carboxylic acids is 3. The summed E-state index contributed by atoms with van der Waals surface area (Å²) in [6.45, 7) is 0.371. The number of imide groups is 1. The lowest BCUT2D eigenvalue weighted by Crippen LogP contribution is -2.49. The summed E-state index contributed by atoms with van der Waals surface area (Å²) in [5.41, 5.74) is 0.230. The molecule has 0 spiro atoms. The molecule has 0 radical (unpaired) electrons. The second-order valence-corrected chi connectivity index (χ2v) is 7.27. The second kappa shape index (κ2) is 6.53. The van der Waals surface area contributed by atoms with Crippen LogP contribution in [0.25, 0.3) is 0 Å². The molecule has 3 heterocycles. The molecule has 2 fully saturated rings. The Labute approximate surface area is 153 Å². The average Bonchev–Trinajstić information content (AvgIpc) is 3.23. The van der Waals surface area contributed by atoms with Gasteiger partial charge in [0, 0.05) is 12.6 Å². The van der Waals surface area contributed by atoms with Gasteiger partial charge in [-0.25, -0.2) is 14.1 Å². The average molecular weight is 373 g/mol. The Kier molecular flexibility index (Phi) is 4.20. The summed E-state index contributed by atoms with van der Waals surface area (Å²) in [6.07, 6.45) is 0.928. The number of nitrogens with zero attached hydrogens (tertiary/aromatic N) is 2. The predicted octanol–water partition coefficient (Wildman–Crippen LogP) is 2.62. The number of thiophene rings is 1. The standard InChI is InChI=1S/C18H16FN3O3S/c19-11-3-1-4-13(9-11)22-17(24)14-10-12(6-7-21(14)18(22)25)20-16(23)15-5-2-8-26-15/h1-5,8-9,12,14H,6-7,10H2,(H,20,23)/t12-,14-/m0/s1. The molecule has 4 amide bonds. The number of hydrogen-bond acceptors (Lipinski definition) is 4. The summed E-state index contributed by atoms with van der Waals surface area (Å²) in [5.74, 6) is -1.05. The van der Waals surface area contributed by atoms with E-state index in [0.717, 1.165) is 4.90 Å². The number of fused-ring (bicyclic) bond motifs is 1. The maximum atomic E-state index is 13.5. The predicted molar refractivity (Wildman–Crippen MR) is 94.6 cm³/mol. The summed E-state index contributed by atoms with van der Waals surface area (Å²) in [6, 6.07) is 7.72. The maximum Gasteiger partial charge on any atom is 0.332 e. The van der Waals surface area contributed by atoms with Crippen LogP contribution < -0.4 is 10.2 Å². The Morgan fingerprint density at radius 3 is 2.81 bits per heavy atom. The first-order valence-corrected chi connectivity index (χ1v) is 9.17. The molecule has 8 heteroatoms. The Hall–Kier alpha value is -2.74. The van der Waals surface area contributed by atoms with Crippen molar-refractivity contribution in [3.63, 3.8) is 0 Å². The van der Waals surface area contributed by atoms with Crippen LogP contribution in [0.2, 0.25) is 0 Å². The van der Waals surface area contributed by atoms with Crippen LogP contribution in [0, 0.1) is 5.82 Å². The smallest absolute Gasteiger partial charge is 0.332 e. The molecule has 2 aliphatic heterocycles. The molecular formula is C18H16FN3O3S. The monoisotopic (exact) mass is 373 g/mol. The molecule has 134 valence electrons. The normalized spacial score (nSPS) is 22.5. The Morgan fingerprint density at radius 2 is 2.08 bits per heavy atom. The minimum Gasteiger partial charge on any atom is -0.348 e. The van der Waals surface area contributed by atoms with E-state index in [0.29, 0.717) is 24.3 Å². The van der Waals surface area contributed by atoms with Gasteiger partial charge in [-0.05, 0) is 42.5 Å². The van der Waals surface area contributed by atoms with Gasteiger partial charge in [-0.15, -0.1) is 11.3 Å². The van der Waals surface area contributed by atoms with Gasteiger partial charge in [0.15, 0.2) is 0 Å². The zero-order valence-electron chi connectivity index (χ0n) is 13.7.